The number of amides is 1. The Balaban J connectivity index is 1.62. The summed E-state index contributed by atoms with van der Waals surface area (Å²) in [5, 5.41) is 10.6. The Bertz CT molecular complexity index is 1360. The van der Waals surface area contributed by atoms with Crippen LogP contribution in [0.3, 0.4) is 0 Å². The van der Waals surface area contributed by atoms with Gasteiger partial charge in [-0.1, -0.05) is 17.7 Å². The molecule has 0 radical (unpaired) electrons. The van der Waals surface area contributed by atoms with E-state index in [9.17, 15) is 9.18 Å². The zero-order valence-corrected chi connectivity index (χ0v) is 21.9. The Morgan fingerprint density at radius 2 is 2.11 bits per heavy atom. The van der Waals surface area contributed by atoms with E-state index >= 15 is 0 Å². The number of aliphatic imine (C=N–C) groups is 1. The van der Waals surface area contributed by atoms with Crippen LogP contribution in [0.5, 0.6) is 0 Å². The van der Waals surface area contributed by atoms with Gasteiger partial charge in [0.25, 0.3) is 0 Å². The van der Waals surface area contributed by atoms with Crippen LogP contribution in [0, 0.1) is 5.82 Å². The van der Waals surface area contributed by atoms with Gasteiger partial charge in [-0.05, 0) is 39.0 Å². The largest absolute Gasteiger partial charge is 0.444 e. The van der Waals surface area contributed by atoms with E-state index in [0.717, 1.165) is 22.0 Å². The smallest absolute Gasteiger partial charge is 0.407 e. The lowest BCUT2D eigenvalue weighted by Crippen LogP contribution is -2.41. The summed E-state index contributed by atoms with van der Waals surface area (Å²) in [6, 6.07) is 5.51. The van der Waals surface area contributed by atoms with Crippen LogP contribution in [0.4, 0.5) is 9.18 Å². The van der Waals surface area contributed by atoms with Gasteiger partial charge in [-0.2, -0.15) is 5.10 Å². The van der Waals surface area contributed by atoms with E-state index in [1.807, 2.05) is 45.5 Å². The number of aryl methyl sites for hydroxylation is 1. The molecule has 1 saturated heterocycles. The summed E-state index contributed by atoms with van der Waals surface area (Å²) in [6.45, 7) is 5.98. The Kier molecular flexibility index (Phi) is 6.34. The maximum Gasteiger partial charge on any atom is 0.407 e. The fourth-order valence-corrected chi connectivity index (χ4v) is 5.40. The van der Waals surface area contributed by atoms with E-state index in [-0.39, 0.29) is 11.1 Å². The molecule has 1 aromatic carbocycles. The van der Waals surface area contributed by atoms with E-state index in [0.29, 0.717) is 24.4 Å². The summed E-state index contributed by atoms with van der Waals surface area (Å²) >= 11 is 8.01. The predicted octanol–water partition coefficient (Wildman–Crippen LogP) is 5.18. The standard InChI is InChI=1S/C25H26ClFN6O2S/c1-25(2,3)35-24(34)29-15-12-19-20(18-7-9-32(4)31-18)21(16-6-5-14(27)11-17(16)26)30-22(33(19)13-15)23-28-8-10-36-23/h5-11,15,21H,12-13H2,1-4H3,(H,29,34)/t15-,21-/m0/s1. The summed E-state index contributed by atoms with van der Waals surface area (Å²) < 4.78 is 21.1. The molecule has 4 heterocycles. The Morgan fingerprint density at radius 3 is 2.75 bits per heavy atom. The summed E-state index contributed by atoms with van der Waals surface area (Å²) in [5.41, 5.74) is 2.62. The minimum absolute atomic E-state index is 0.221. The molecule has 188 valence electrons. The molecule has 0 aliphatic carbocycles. The van der Waals surface area contributed by atoms with Gasteiger partial charge in [0, 0.05) is 59.6 Å². The van der Waals surface area contributed by atoms with E-state index in [1.54, 1.807) is 16.9 Å². The lowest BCUT2D eigenvalue weighted by atomic mass is 9.92. The number of ether oxygens (including phenoxy) is 1. The molecule has 11 heteroatoms. The highest BCUT2D eigenvalue weighted by molar-refractivity contribution is 7.11. The fourth-order valence-electron chi connectivity index (χ4n) is 4.49. The van der Waals surface area contributed by atoms with Gasteiger partial charge in [0.05, 0.1) is 11.7 Å². The minimum Gasteiger partial charge on any atom is -0.444 e. The van der Waals surface area contributed by atoms with Crippen molar-refractivity contribution in [2.45, 2.75) is 44.9 Å². The third-order valence-corrected chi connectivity index (χ3v) is 6.95. The maximum atomic E-state index is 13.9. The molecular formula is C25H26ClFN6O2S. The first-order valence-corrected chi connectivity index (χ1v) is 12.8. The number of carbonyl (C=O) groups excluding carboxylic acids is 1. The molecule has 1 fully saturated rings. The number of nitrogens with one attached hydrogen (secondary N) is 1. The van der Waals surface area contributed by atoms with Gasteiger partial charge in [0.2, 0.25) is 0 Å². The average Bonchev–Trinajstić information content (AvgIpc) is 3.52. The fraction of sp³-hybridized carbons (Fsp3) is 0.360. The number of nitrogens with zero attached hydrogens (tertiary/aromatic N) is 5. The summed E-state index contributed by atoms with van der Waals surface area (Å²) in [4.78, 5) is 24.3. The van der Waals surface area contributed by atoms with Gasteiger partial charge in [-0.15, -0.1) is 11.3 Å². The van der Waals surface area contributed by atoms with Crippen molar-refractivity contribution in [3.05, 3.63) is 74.8 Å². The average molecular weight is 529 g/mol. The summed E-state index contributed by atoms with van der Waals surface area (Å²) in [6.07, 6.45) is 3.65. The minimum atomic E-state index is -0.605. The van der Waals surface area contributed by atoms with Crippen LogP contribution in [0.2, 0.25) is 5.02 Å². The third-order valence-electron chi connectivity index (χ3n) is 5.85. The zero-order chi connectivity index (χ0) is 25.6. The summed E-state index contributed by atoms with van der Waals surface area (Å²) in [5.74, 6) is 0.262. The van der Waals surface area contributed by atoms with Crippen LogP contribution in [-0.4, -0.2) is 49.8 Å². The van der Waals surface area contributed by atoms with Gasteiger partial charge < -0.3 is 15.0 Å². The van der Waals surface area contributed by atoms with Crippen molar-refractivity contribution >= 4 is 40.4 Å². The Labute approximate surface area is 217 Å². The molecule has 3 aromatic rings. The van der Waals surface area contributed by atoms with Crippen LogP contribution in [0.25, 0.3) is 5.57 Å². The molecule has 5 rings (SSSR count). The number of benzene rings is 1. The van der Waals surface area contributed by atoms with E-state index < -0.39 is 23.6 Å². The van der Waals surface area contributed by atoms with Crippen molar-refractivity contribution < 1.29 is 13.9 Å². The molecule has 8 nitrogen and oxygen atoms in total. The second-order valence-corrected chi connectivity index (χ2v) is 11.1. The second-order valence-electron chi connectivity index (χ2n) is 9.75. The molecule has 0 saturated carbocycles. The molecule has 2 atom stereocenters. The van der Waals surface area contributed by atoms with Crippen molar-refractivity contribution in [2.75, 3.05) is 6.54 Å². The number of halogens is 2. The molecule has 0 spiro atoms. The molecular weight excluding hydrogens is 503 g/mol. The number of hydrogen-bond donors (Lipinski definition) is 1. The zero-order valence-electron chi connectivity index (χ0n) is 20.3. The lowest BCUT2D eigenvalue weighted by Gasteiger charge is -2.32. The maximum absolute atomic E-state index is 13.9. The molecule has 2 aromatic heterocycles. The molecule has 0 unspecified atom stereocenters. The quantitative estimate of drug-likeness (QED) is 0.504. The molecule has 0 bridgehead atoms. The normalized spacial score (nSPS) is 19.8. The van der Waals surface area contributed by atoms with Crippen LogP contribution < -0.4 is 5.32 Å². The van der Waals surface area contributed by atoms with Gasteiger partial charge in [-0.25, -0.2) is 14.2 Å². The molecule has 36 heavy (non-hydrogen) atoms. The first-order valence-electron chi connectivity index (χ1n) is 11.5. The van der Waals surface area contributed by atoms with Crippen molar-refractivity contribution in [1.82, 2.24) is 25.0 Å². The van der Waals surface area contributed by atoms with E-state index in [2.05, 4.69) is 20.3 Å². The number of carbonyl (C=O) groups is 1. The summed E-state index contributed by atoms with van der Waals surface area (Å²) in [7, 11) is 1.85. The highest BCUT2D eigenvalue weighted by Crippen LogP contribution is 2.46. The highest BCUT2D eigenvalue weighted by atomic mass is 35.5. The first kappa shape index (κ1) is 24.5. The Hall–Kier alpha value is -3.24. The highest BCUT2D eigenvalue weighted by Gasteiger charge is 2.41. The number of aromatic nitrogens is 3. The number of fused-ring (bicyclic) bond motifs is 1. The predicted molar refractivity (Wildman–Crippen MR) is 137 cm³/mol. The monoisotopic (exact) mass is 528 g/mol. The van der Waals surface area contributed by atoms with Gasteiger partial charge in [0.1, 0.15) is 17.5 Å². The van der Waals surface area contributed by atoms with Crippen LogP contribution in [-0.2, 0) is 11.8 Å². The number of amidine groups is 1. The number of rotatable bonds is 4. The SMILES string of the molecule is Cn1ccc(C2=C3C[C@H](NC(=O)OC(C)(C)C)CN3C(c3nccs3)=N[C@H]2c2ccc(F)cc2Cl)n1. The van der Waals surface area contributed by atoms with Crippen LogP contribution >= 0.6 is 22.9 Å². The van der Waals surface area contributed by atoms with Gasteiger partial charge in [0.15, 0.2) is 10.8 Å². The molecule has 2 aliphatic rings. The van der Waals surface area contributed by atoms with Gasteiger partial charge in [-0.3, -0.25) is 9.67 Å². The number of hydrogen-bond acceptors (Lipinski definition) is 7. The topological polar surface area (TPSA) is 84.6 Å². The molecule has 2 aliphatic heterocycles. The van der Waals surface area contributed by atoms with Crippen molar-refractivity contribution in [1.29, 1.82) is 0 Å². The first-order chi connectivity index (χ1) is 17.1. The third kappa shape index (κ3) is 4.87. The Morgan fingerprint density at radius 1 is 1.31 bits per heavy atom. The van der Waals surface area contributed by atoms with Crippen LogP contribution in [0.1, 0.15) is 49.5 Å². The van der Waals surface area contributed by atoms with Crippen molar-refractivity contribution in [2.24, 2.45) is 12.0 Å². The van der Waals surface area contributed by atoms with Gasteiger partial charge >= 0.3 is 6.09 Å². The van der Waals surface area contributed by atoms with Crippen molar-refractivity contribution in [3.8, 4) is 0 Å². The lowest BCUT2D eigenvalue weighted by molar-refractivity contribution is 0.0507. The van der Waals surface area contributed by atoms with Crippen LogP contribution in [0.15, 0.2) is 52.7 Å². The van der Waals surface area contributed by atoms with Crippen molar-refractivity contribution in [3.63, 3.8) is 0 Å². The van der Waals surface area contributed by atoms with E-state index in [1.165, 1.54) is 23.5 Å². The molecule has 1 N–H and O–H groups in total. The number of thiazole rings is 1. The second kappa shape index (κ2) is 9.33. The van der Waals surface area contributed by atoms with E-state index in [4.69, 9.17) is 21.3 Å². The molecule has 1 amide bonds. The number of alkyl carbamates (subject to hydrolysis) is 1.